The van der Waals surface area contributed by atoms with Crippen molar-refractivity contribution in [2.45, 2.75) is 30.8 Å². The van der Waals surface area contributed by atoms with E-state index in [0.29, 0.717) is 18.7 Å². The summed E-state index contributed by atoms with van der Waals surface area (Å²) in [6.45, 7) is 3.65. The van der Waals surface area contributed by atoms with Crippen LogP contribution in [0.3, 0.4) is 0 Å². The zero-order valence-corrected chi connectivity index (χ0v) is 15.1. The Morgan fingerprint density at radius 1 is 1.46 bits per heavy atom. The molecule has 1 N–H and O–H groups in total. The molecule has 0 spiro atoms. The van der Waals surface area contributed by atoms with Gasteiger partial charge < -0.3 is 14.4 Å². The fraction of sp³-hybridized carbons (Fsp3) is 0.562. The average molecular weight is 356 g/mol. The normalized spacial score (nSPS) is 17.7. The Hall–Kier alpha value is -1.64. The lowest BCUT2D eigenvalue weighted by Gasteiger charge is -2.24. The molecule has 1 aliphatic rings. The summed E-state index contributed by atoms with van der Waals surface area (Å²) >= 11 is 0. The van der Waals surface area contributed by atoms with Crippen LogP contribution in [-0.4, -0.2) is 59.2 Å². The number of amides is 1. The van der Waals surface area contributed by atoms with Gasteiger partial charge in [0, 0.05) is 25.3 Å². The Kier molecular flexibility index (Phi) is 6.20. The Balaban J connectivity index is 2.29. The minimum atomic E-state index is -3.72. The number of nitrogens with zero attached hydrogens (tertiary/aromatic N) is 1. The molecule has 2 rings (SSSR count). The average Bonchev–Trinajstić information content (AvgIpc) is 3.11. The van der Waals surface area contributed by atoms with E-state index >= 15 is 0 Å². The van der Waals surface area contributed by atoms with Gasteiger partial charge in [0.2, 0.25) is 10.0 Å². The number of hydrogen-bond donors (Lipinski definition) is 1. The quantitative estimate of drug-likeness (QED) is 0.795. The SMILES string of the molecule is CCN(C[C@H]1CCCO1)C(=O)c1ccc(OC)c(S(=O)(=O)NC)c1. The van der Waals surface area contributed by atoms with Gasteiger partial charge in [-0.05, 0) is 45.0 Å². The van der Waals surface area contributed by atoms with E-state index in [1.165, 1.54) is 26.3 Å². The maximum absolute atomic E-state index is 12.7. The van der Waals surface area contributed by atoms with Crippen LogP contribution in [0.2, 0.25) is 0 Å². The van der Waals surface area contributed by atoms with Crippen molar-refractivity contribution in [3.63, 3.8) is 0 Å². The van der Waals surface area contributed by atoms with Crippen molar-refractivity contribution < 1.29 is 22.7 Å². The first-order valence-electron chi connectivity index (χ1n) is 7.95. The molecule has 1 fully saturated rings. The van der Waals surface area contributed by atoms with Crippen LogP contribution in [-0.2, 0) is 14.8 Å². The Morgan fingerprint density at radius 2 is 2.21 bits per heavy atom. The number of rotatable bonds is 7. The minimum absolute atomic E-state index is 0.0488. The van der Waals surface area contributed by atoms with Crippen LogP contribution in [0.15, 0.2) is 23.1 Å². The molecular formula is C16H24N2O5S. The molecule has 8 heteroatoms. The van der Waals surface area contributed by atoms with E-state index in [0.717, 1.165) is 19.4 Å². The highest BCUT2D eigenvalue weighted by Crippen LogP contribution is 2.25. The smallest absolute Gasteiger partial charge is 0.253 e. The summed E-state index contributed by atoms with van der Waals surface area (Å²) in [6, 6.07) is 4.43. The lowest BCUT2D eigenvalue weighted by molar-refractivity contribution is 0.0539. The van der Waals surface area contributed by atoms with Gasteiger partial charge in [-0.2, -0.15) is 0 Å². The van der Waals surface area contributed by atoms with Gasteiger partial charge in [-0.3, -0.25) is 4.79 Å². The van der Waals surface area contributed by atoms with Crippen molar-refractivity contribution in [3.05, 3.63) is 23.8 Å². The molecule has 0 unspecified atom stereocenters. The van der Waals surface area contributed by atoms with Crippen molar-refractivity contribution in [3.8, 4) is 5.75 Å². The predicted octanol–water partition coefficient (Wildman–Crippen LogP) is 1.24. The fourth-order valence-electron chi connectivity index (χ4n) is 2.70. The molecule has 7 nitrogen and oxygen atoms in total. The first-order chi connectivity index (χ1) is 11.4. The number of carbonyl (C=O) groups is 1. The lowest BCUT2D eigenvalue weighted by Crippen LogP contribution is -2.37. The topological polar surface area (TPSA) is 84.9 Å². The third kappa shape index (κ3) is 4.06. The highest BCUT2D eigenvalue weighted by Gasteiger charge is 2.25. The molecule has 1 aromatic rings. The van der Waals surface area contributed by atoms with Crippen molar-refractivity contribution in [1.29, 1.82) is 0 Å². The van der Waals surface area contributed by atoms with Gasteiger partial charge in [-0.15, -0.1) is 0 Å². The minimum Gasteiger partial charge on any atom is -0.495 e. The number of benzene rings is 1. The Bertz CT molecular complexity index is 684. The second-order valence-corrected chi connectivity index (χ2v) is 7.41. The van der Waals surface area contributed by atoms with E-state index in [2.05, 4.69) is 4.72 Å². The summed E-state index contributed by atoms with van der Waals surface area (Å²) in [5.41, 5.74) is 0.310. The summed E-state index contributed by atoms with van der Waals surface area (Å²) in [5, 5.41) is 0. The van der Waals surface area contributed by atoms with E-state index in [9.17, 15) is 13.2 Å². The van der Waals surface area contributed by atoms with Gasteiger partial charge in [0.15, 0.2) is 0 Å². The highest BCUT2D eigenvalue weighted by molar-refractivity contribution is 7.89. The van der Waals surface area contributed by atoms with Crippen molar-refractivity contribution >= 4 is 15.9 Å². The van der Waals surface area contributed by atoms with Gasteiger partial charge in [0.05, 0.1) is 13.2 Å². The first kappa shape index (κ1) is 18.7. The molecule has 0 saturated carbocycles. The zero-order chi connectivity index (χ0) is 17.7. The Labute approximate surface area is 143 Å². The maximum Gasteiger partial charge on any atom is 0.253 e. The van der Waals surface area contributed by atoms with E-state index in [1.54, 1.807) is 11.0 Å². The molecule has 0 aromatic heterocycles. The van der Waals surface area contributed by atoms with Crippen LogP contribution in [0.25, 0.3) is 0 Å². The monoisotopic (exact) mass is 356 g/mol. The molecule has 134 valence electrons. The fourth-order valence-corrected chi connectivity index (χ4v) is 3.62. The molecule has 24 heavy (non-hydrogen) atoms. The van der Waals surface area contributed by atoms with Crippen molar-refractivity contribution in [2.24, 2.45) is 0 Å². The summed E-state index contributed by atoms with van der Waals surface area (Å²) in [5.74, 6) is -0.0220. The molecular weight excluding hydrogens is 332 g/mol. The largest absolute Gasteiger partial charge is 0.495 e. The molecule has 0 radical (unpaired) electrons. The summed E-state index contributed by atoms with van der Waals surface area (Å²) in [4.78, 5) is 14.4. The van der Waals surface area contributed by atoms with Crippen LogP contribution >= 0.6 is 0 Å². The van der Waals surface area contributed by atoms with Gasteiger partial charge in [-0.1, -0.05) is 0 Å². The molecule has 1 aliphatic heterocycles. The molecule has 1 atom stereocenters. The molecule has 1 saturated heterocycles. The number of carbonyl (C=O) groups excluding carboxylic acids is 1. The third-order valence-corrected chi connectivity index (χ3v) is 5.52. The van der Waals surface area contributed by atoms with Crippen LogP contribution in [0, 0.1) is 0 Å². The number of likely N-dealkylation sites (N-methyl/N-ethyl adjacent to an activating group) is 1. The molecule has 1 amide bonds. The number of nitrogens with one attached hydrogen (secondary N) is 1. The van der Waals surface area contributed by atoms with Crippen LogP contribution < -0.4 is 9.46 Å². The van der Waals surface area contributed by atoms with Gasteiger partial charge in [0.25, 0.3) is 5.91 Å². The number of ether oxygens (including phenoxy) is 2. The molecule has 1 heterocycles. The number of sulfonamides is 1. The maximum atomic E-state index is 12.7. The lowest BCUT2D eigenvalue weighted by atomic mass is 10.1. The summed E-state index contributed by atoms with van der Waals surface area (Å²) < 4.78 is 37.2. The second kappa shape index (κ2) is 7.96. The summed E-state index contributed by atoms with van der Waals surface area (Å²) in [6.07, 6.45) is 1.99. The van der Waals surface area contributed by atoms with E-state index < -0.39 is 10.0 Å². The molecule has 1 aromatic carbocycles. The van der Waals surface area contributed by atoms with E-state index in [4.69, 9.17) is 9.47 Å². The van der Waals surface area contributed by atoms with Gasteiger partial charge in [-0.25, -0.2) is 13.1 Å². The van der Waals surface area contributed by atoms with Gasteiger partial charge >= 0.3 is 0 Å². The first-order valence-corrected chi connectivity index (χ1v) is 9.43. The van der Waals surface area contributed by atoms with Gasteiger partial charge in [0.1, 0.15) is 10.6 Å². The van der Waals surface area contributed by atoms with Crippen molar-refractivity contribution in [1.82, 2.24) is 9.62 Å². The van der Waals surface area contributed by atoms with Crippen molar-refractivity contribution in [2.75, 3.05) is 33.9 Å². The van der Waals surface area contributed by atoms with Crippen LogP contribution in [0.5, 0.6) is 5.75 Å². The molecule has 0 bridgehead atoms. The number of methoxy groups -OCH3 is 1. The zero-order valence-electron chi connectivity index (χ0n) is 14.2. The standard InChI is InChI=1S/C16H24N2O5S/c1-4-18(11-13-6-5-9-23-13)16(19)12-7-8-14(22-3)15(10-12)24(20,21)17-2/h7-8,10,13,17H,4-6,9,11H2,1-3H3/t13-/m1/s1. The van der Waals surface area contributed by atoms with E-state index in [-0.39, 0.29) is 22.7 Å². The number of hydrogen-bond acceptors (Lipinski definition) is 5. The molecule has 0 aliphatic carbocycles. The van der Waals surface area contributed by atoms with Crippen LogP contribution in [0.1, 0.15) is 30.1 Å². The third-order valence-electron chi connectivity index (χ3n) is 4.09. The summed E-state index contributed by atoms with van der Waals surface area (Å²) in [7, 11) is -1.01. The van der Waals surface area contributed by atoms with Crippen LogP contribution in [0.4, 0.5) is 0 Å². The van der Waals surface area contributed by atoms with E-state index in [1.807, 2.05) is 6.92 Å². The predicted molar refractivity (Wildman–Crippen MR) is 89.8 cm³/mol. The highest BCUT2D eigenvalue weighted by atomic mass is 32.2. The Morgan fingerprint density at radius 3 is 2.75 bits per heavy atom. The second-order valence-electron chi connectivity index (χ2n) is 5.55.